The van der Waals surface area contributed by atoms with Gasteiger partial charge in [-0.15, -0.1) is 0 Å². The second kappa shape index (κ2) is 5.36. The first-order valence-corrected chi connectivity index (χ1v) is 8.17. The zero-order chi connectivity index (χ0) is 15.8. The Balaban J connectivity index is 2.35. The molecule has 0 aromatic heterocycles. The summed E-state index contributed by atoms with van der Waals surface area (Å²) in [6, 6.07) is 3.89. The zero-order valence-electron chi connectivity index (χ0n) is 12.0. The van der Waals surface area contributed by atoms with Crippen LogP contribution in [0.4, 0.5) is 5.69 Å². The van der Waals surface area contributed by atoms with Crippen LogP contribution in [0.15, 0.2) is 23.1 Å². The van der Waals surface area contributed by atoms with Crippen LogP contribution in [-0.4, -0.2) is 25.4 Å². The normalized spacial score (nSPS) is 18.2. The summed E-state index contributed by atoms with van der Waals surface area (Å²) in [5, 5.41) is 10.9. The molecule has 0 amide bonds. The lowest BCUT2D eigenvalue weighted by Gasteiger charge is -2.29. The van der Waals surface area contributed by atoms with Crippen molar-refractivity contribution in [1.82, 2.24) is 4.72 Å². The molecule has 1 aliphatic carbocycles. The summed E-state index contributed by atoms with van der Waals surface area (Å²) in [6.45, 7) is 3.52. The summed E-state index contributed by atoms with van der Waals surface area (Å²) in [4.78, 5) is 10.2. The van der Waals surface area contributed by atoms with Crippen molar-refractivity contribution < 1.29 is 13.3 Å². The van der Waals surface area contributed by atoms with E-state index in [1.165, 1.54) is 12.1 Å². The molecule has 1 aliphatic rings. The molecule has 0 heterocycles. The standard InChI is InChI=1S/C13H19N3O4S/c1-9-3-6-11(7-12(9)16(17)18)21(19,20)15-13(2,8-14)10-4-5-10/h3,6-7,10,15H,4-5,8,14H2,1-2H3. The average Bonchev–Trinajstić information content (AvgIpc) is 3.22. The molecule has 0 saturated heterocycles. The summed E-state index contributed by atoms with van der Waals surface area (Å²) in [5.74, 6) is 0.220. The third kappa shape index (κ3) is 3.22. The molecule has 0 radical (unpaired) electrons. The van der Waals surface area contributed by atoms with Gasteiger partial charge in [0.15, 0.2) is 0 Å². The number of benzene rings is 1. The lowest BCUT2D eigenvalue weighted by molar-refractivity contribution is -0.385. The number of nitrogens with zero attached hydrogens (tertiary/aromatic N) is 1. The molecule has 3 N–H and O–H groups in total. The molecule has 7 nitrogen and oxygen atoms in total. The van der Waals surface area contributed by atoms with E-state index in [-0.39, 0.29) is 23.0 Å². The molecule has 1 fully saturated rings. The van der Waals surface area contributed by atoms with Crippen LogP contribution in [0.25, 0.3) is 0 Å². The van der Waals surface area contributed by atoms with E-state index >= 15 is 0 Å². The Labute approximate surface area is 123 Å². The van der Waals surface area contributed by atoms with Crippen LogP contribution in [0.2, 0.25) is 0 Å². The number of hydrogen-bond acceptors (Lipinski definition) is 5. The van der Waals surface area contributed by atoms with E-state index < -0.39 is 20.5 Å². The molecule has 8 heteroatoms. The Kier molecular flexibility index (Phi) is 4.05. The summed E-state index contributed by atoms with van der Waals surface area (Å²) in [7, 11) is -3.84. The van der Waals surface area contributed by atoms with Crippen molar-refractivity contribution in [2.24, 2.45) is 11.7 Å². The minimum absolute atomic E-state index is 0.111. The molecule has 1 unspecified atom stereocenters. The lowest BCUT2D eigenvalue weighted by atomic mass is 9.98. The number of nitrogens with one attached hydrogen (secondary N) is 1. The molecule has 0 bridgehead atoms. The predicted octanol–water partition coefficient (Wildman–Crippen LogP) is 1.31. The van der Waals surface area contributed by atoms with Crippen molar-refractivity contribution in [1.29, 1.82) is 0 Å². The van der Waals surface area contributed by atoms with Gasteiger partial charge in [0.05, 0.1) is 9.82 Å². The number of rotatable bonds is 6. The second-order valence-electron chi connectivity index (χ2n) is 5.71. The van der Waals surface area contributed by atoms with E-state index in [0.717, 1.165) is 18.9 Å². The predicted molar refractivity (Wildman–Crippen MR) is 78.3 cm³/mol. The van der Waals surface area contributed by atoms with E-state index in [4.69, 9.17) is 5.73 Å². The largest absolute Gasteiger partial charge is 0.329 e. The highest BCUT2D eigenvalue weighted by molar-refractivity contribution is 7.89. The third-order valence-electron chi connectivity index (χ3n) is 3.96. The van der Waals surface area contributed by atoms with E-state index in [1.54, 1.807) is 13.8 Å². The van der Waals surface area contributed by atoms with Gasteiger partial charge in [0.1, 0.15) is 0 Å². The van der Waals surface area contributed by atoms with Crippen molar-refractivity contribution in [2.45, 2.75) is 37.1 Å². The Bertz CT molecular complexity index is 670. The first kappa shape index (κ1) is 15.9. The molecule has 1 aromatic rings. The van der Waals surface area contributed by atoms with Crippen molar-refractivity contribution in [3.8, 4) is 0 Å². The molecule has 1 atom stereocenters. The van der Waals surface area contributed by atoms with Gasteiger partial charge in [-0.1, -0.05) is 6.07 Å². The van der Waals surface area contributed by atoms with Gasteiger partial charge in [-0.3, -0.25) is 10.1 Å². The number of nitrogens with two attached hydrogens (primary N) is 1. The first-order chi connectivity index (χ1) is 9.69. The molecule has 0 spiro atoms. The van der Waals surface area contributed by atoms with Crippen LogP contribution in [0, 0.1) is 23.0 Å². The van der Waals surface area contributed by atoms with E-state index in [1.807, 2.05) is 0 Å². The second-order valence-corrected chi connectivity index (χ2v) is 7.39. The Morgan fingerprint density at radius 1 is 1.48 bits per heavy atom. The van der Waals surface area contributed by atoms with Crippen molar-refractivity contribution in [3.63, 3.8) is 0 Å². The fraction of sp³-hybridized carbons (Fsp3) is 0.538. The van der Waals surface area contributed by atoms with Gasteiger partial charge < -0.3 is 5.73 Å². The van der Waals surface area contributed by atoms with Gasteiger partial charge in [-0.2, -0.15) is 0 Å². The van der Waals surface area contributed by atoms with Crippen LogP contribution in [-0.2, 0) is 10.0 Å². The van der Waals surface area contributed by atoms with Crippen LogP contribution < -0.4 is 10.5 Å². The Hall–Kier alpha value is -1.51. The summed E-state index contributed by atoms with van der Waals surface area (Å²) < 4.78 is 27.5. The number of nitro benzene ring substituents is 1. The smallest absolute Gasteiger partial charge is 0.273 e. The highest BCUT2D eigenvalue weighted by atomic mass is 32.2. The SMILES string of the molecule is Cc1ccc(S(=O)(=O)NC(C)(CN)C2CC2)cc1[N+](=O)[O-]. The number of aryl methyl sites for hydroxylation is 1. The van der Waals surface area contributed by atoms with E-state index in [2.05, 4.69) is 4.72 Å². The lowest BCUT2D eigenvalue weighted by Crippen LogP contribution is -2.52. The monoisotopic (exact) mass is 313 g/mol. The maximum absolute atomic E-state index is 12.4. The van der Waals surface area contributed by atoms with Gasteiger partial charge in [0, 0.05) is 23.7 Å². The fourth-order valence-electron chi connectivity index (χ4n) is 2.33. The van der Waals surface area contributed by atoms with Crippen molar-refractivity contribution in [2.75, 3.05) is 6.54 Å². The minimum Gasteiger partial charge on any atom is -0.329 e. The third-order valence-corrected chi connectivity index (χ3v) is 5.57. The van der Waals surface area contributed by atoms with Gasteiger partial charge in [-0.05, 0) is 38.7 Å². The van der Waals surface area contributed by atoms with Crippen LogP contribution in [0.1, 0.15) is 25.3 Å². The van der Waals surface area contributed by atoms with E-state index in [9.17, 15) is 18.5 Å². The fourth-order valence-corrected chi connectivity index (χ4v) is 3.83. The summed E-state index contributed by atoms with van der Waals surface area (Å²) >= 11 is 0. The zero-order valence-corrected chi connectivity index (χ0v) is 12.8. The molecule has 21 heavy (non-hydrogen) atoms. The first-order valence-electron chi connectivity index (χ1n) is 6.69. The number of hydrogen-bond donors (Lipinski definition) is 2. The maximum atomic E-state index is 12.4. The van der Waals surface area contributed by atoms with Crippen molar-refractivity contribution >= 4 is 15.7 Å². The highest BCUT2D eigenvalue weighted by Crippen LogP contribution is 2.39. The Morgan fingerprint density at radius 3 is 2.57 bits per heavy atom. The Morgan fingerprint density at radius 2 is 2.10 bits per heavy atom. The summed E-state index contributed by atoms with van der Waals surface area (Å²) in [5.41, 5.74) is 5.20. The molecular weight excluding hydrogens is 294 g/mol. The maximum Gasteiger partial charge on any atom is 0.273 e. The quantitative estimate of drug-likeness (QED) is 0.607. The number of sulfonamides is 1. The van der Waals surface area contributed by atoms with Crippen LogP contribution in [0.3, 0.4) is 0 Å². The van der Waals surface area contributed by atoms with Crippen molar-refractivity contribution in [3.05, 3.63) is 33.9 Å². The van der Waals surface area contributed by atoms with E-state index in [0.29, 0.717) is 5.56 Å². The highest BCUT2D eigenvalue weighted by Gasteiger charge is 2.43. The average molecular weight is 313 g/mol. The molecule has 116 valence electrons. The van der Waals surface area contributed by atoms with Crippen LogP contribution in [0.5, 0.6) is 0 Å². The molecule has 1 aromatic carbocycles. The minimum atomic E-state index is -3.84. The van der Waals surface area contributed by atoms with Gasteiger partial charge >= 0.3 is 0 Å². The number of nitro groups is 1. The molecule has 0 aliphatic heterocycles. The molecule has 1 saturated carbocycles. The van der Waals surface area contributed by atoms with Gasteiger partial charge in [-0.25, -0.2) is 13.1 Å². The summed E-state index contributed by atoms with van der Waals surface area (Å²) in [6.07, 6.45) is 1.87. The van der Waals surface area contributed by atoms with Crippen LogP contribution >= 0.6 is 0 Å². The molecular formula is C13H19N3O4S. The van der Waals surface area contributed by atoms with Gasteiger partial charge in [0.2, 0.25) is 10.0 Å². The topological polar surface area (TPSA) is 115 Å². The molecule has 2 rings (SSSR count). The van der Waals surface area contributed by atoms with Gasteiger partial charge in [0.25, 0.3) is 5.69 Å².